The summed E-state index contributed by atoms with van der Waals surface area (Å²) in [6.45, 7) is 6.31. The maximum absolute atomic E-state index is 13.3. The van der Waals surface area contributed by atoms with Crippen molar-refractivity contribution in [1.29, 1.82) is 0 Å². The topological polar surface area (TPSA) is 50.2 Å². The molecule has 0 bridgehead atoms. The fraction of sp³-hybridized carbons (Fsp3) is 0.462. The van der Waals surface area contributed by atoms with Crippen LogP contribution in [0.2, 0.25) is 0 Å². The summed E-state index contributed by atoms with van der Waals surface area (Å²) in [6.07, 6.45) is 5.12. The Morgan fingerprint density at radius 2 is 1.97 bits per heavy atom. The molecule has 0 radical (unpaired) electrons. The highest BCUT2D eigenvalue weighted by atomic mass is 16.1. The van der Waals surface area contributed by atoms with Crippen LogP contribution in [0, 0.1) is 0 Å². The van der Waals surface area contributed by atoms with Gasteiger partial charge in [-0.1, -0.05) is 43.3 Å². The summed E-state index contributed by atoms with van der Waals surface area (Å²) in [6, 6.07) is 17.2. The molecule has 0 aliphatic carbocycles. The van der Waals surface area contributed by atoms with Crippen LogP contribution in [0.25, 0.3) is 11.0 Å². The van der Waals surface area contributed by atoms with Crippen LogP contribution < -0.4 is 5.32 Å². The molecule has 2 fully saturated rings. The second kappa shape index (κ2) is 8.93. The fourth-order valence-electron chi connectivity index (χ4n) is 5.33. The highest BCUT2D eigenvalue weighted by molar-refractivity contribution is 6.00. The molecule has 5 rings (SSSR count). The molecule has 0 spiro atoms. The Hall–Kier alpha value is -2.50. The SMILES string of the molecule is CCCn1c(Cc2ccc(C(=O)C3CCCN3C3CCNC3)cc2)nc2ccccc21. The Bertz CT molecular complexity index is 1050. The van der Waals surface area contributed by atoms with E-state index in [1.165, 1.54) is 11.1 Å². The lowest BCUT2D eigenvalue weighted by molar-refractivity contribution is 0.0826. The van der Waals surface area contributed by atoms with Gasteiger partial charge in [-0.2, -0.15) is 0 Å². The summed E-state index contributed by atoms with van der Waals surface area (Å²) < 4.78 is 2.33. The number of aryl methyl sites for hydroxylation is 1. The predicted octanol–water partition coefficient (Wildman–Crippen LogP) is 4.05. The van der Waals surface area contributed by atoms with Gasteiger partial charge in [-0.05, 0) is 56.5 Å². The maximum atomic E-state index is 13.3. The number of rotatable bonds is 7. The van der Waals surface area contributed by atoms with Crippen molar-refractivity contribution in [3.8, 4) is 0 Å². The van der Waals surface area contributed by atoms with E-state index in [-0.39, 0.29) is 11.8 Å². The molecule has 5 nitrogen and oxygen atoms in total. The van der Waals surface area contributed by atoms with Gasteiger partial charge in [-0.3, -0.25) is 9.69 Å². The molecule has 0 saturated carbocycles. The number of hydrogen-bond donors (Lipinski definition) is 1. The lowest BCUT2D eigenvalue weighted by atomic mass is 9.99. The van der Waals surface area contributed by atoms with Gasteiger partial charge in [-0.15, -0.1) is 0 Å². The van der Waals surface area contributed by atoms with Gasteiger partial charge in [0.05, 0.1) is 17.1 Å². The lowest BCUT2D eigenvalue weighted by Crippen LogP contribution is -2.44. The van der Waals surface area contributed by atoms with Crippen LogP contribution >= 0.6 is 0 Å². The average Bonchev–Trinajstić information content (AvgIpc) is 3.54. The van der Waals surface area contributed by atoms with Crippen molar-refractivity contribution in [1.82, 2.24) is 19.8 Å². The number of carbonyl (C=O) groups is 1. The quantitative estimate of drug-likeness (QED) is 0.591. The first kappa shape index (κ1) is 20.4. The normalized spacial score (nSPS) is 21.8. The van der Waals surface area contributed by atoms with Crippen LogP contribution in [0.15, 0.2) is 48.5 Å². The number of nitrogens with zero attached hydrogens (tertiary/aromatic N) is 3. The van der Waals surface area contributed by atoms with Crippen LogP contribution in [0.1, 0.15) is 54.4 Å². The summed E-state index contributed by atoms with van der Waals surface area (Å²) in [5.74, 6) is 1.38. The summed E-state index contributed by atoms with van der Waals surface area (Å²) in [5.41, 5.74) is 4.30. The van der Waals surface area contributed by atoms with Crippen molar-refractivity contribution in [3.05, 3.63) is 65.5 Å². The minimum Gasteiger partial charge on any atom is -0.328 e. The number of nitrogens with one attached hydrogen (secondary N) is 1. The molecule has 1 aromatic heterocycles. The van der Waals surface area contributed by atoms with E-state index in [9.17, 15) is 4.79 Å². The van der Waals surface area contributed by atoms with Crippen molar-refractivity contribution < 1.29 is 4.79 Å². The molecule has 162 valence electrons. The van der Waals surface area contributed by atoms with Gasteiger partial charge in [0.1, 0.15) is 5.82 Å². The number of benzene rings is 2. The lowest BCUT2D eigenvalue weighted by Gasteiger charge is -2.29. The second-order valence-electron chi connectivity index (χ2n) is 8.95. The second-order valence-corrected chi connectivity index (χ2v) is 8.95. The molecule has 5 heteroatoms. The monoisotopic (exact) mass is 416 g/mol. The van der Waals surface area contributed by atoms with E-state index in [1.807, 2.05) is 18.2 Å². The summed E-state index contributed by atoms with van der Waals surface area (Å²) >= 11 is 0. The Balaban J connectivity index is 1.33. The zero-order valence-corrected chi connectivity index (χ0v) is 18.4. The van der Waals surface area contributed by atoms with Gasteiger partial charge in [0.25, 0.3) is 0 Å². The molecule has 3 heterocycles. The molecule has 2 atom stereocenters. The highest BCUT2D eigenvalue weighted by Gasteiger charge is 2.36. The number of carbonyl (C=O) groups excluding carboxylic acids is 1. The van der Waals surface area contributed by atoms with Gasteiger partial charge in [0.2, 0.25) is 0 Å². The van der Waals surface area contributed by atoms with Gasteiger partial charge in [0, 0.05) is 31.1 Å². The van der Waals surface area contributed by atoms with E-state index >= 15 is 0 Å². The molecule has 2 unspecified atom stereocenters. The number of Topliss-reactive ketones (excluding diaryl/α,β-unsaturated/α-hetero) is 1. The molecule has 2 aromatic carbocycles. The van der Waals surface area contributed by atoms with Crippen molar-refractivity contribution in [2.45, 2.75) is 57.7 Å². The van der Waals surface area contributed by atoms with E-state index in [4.69, 9.17) is 4.98 Å². The molecule has 2 saturated heterocycles. The first-order chi connectivity index (χ1) is 15.2. The average molecular weight is 417 g/mol. The van der Waals surface area contributed by atoms with Gasteiger partial charge < -0.3 is 9.88 Å². The standard InChI is InChI=1S/C26H32N4O/c1-2-15-30-23-7-4-3-6-22(23)28-25(30)17-19-9-11-20(12-10-19)26(31)24-8-5-16-29(24)21-13-14-27-18-21/h3-4,6-7,9-12,21,24,27H,2,5,8,13-18H2,1H3. The van der Waals surface area contributed by atoms with Crippen molar-refractivity contribution in [3.63, 3.8) is 0 Å². The van der Waals surface area contributed by atoms with E-state index < -0.39 is 0 Å². The van der Waals surface area contributed by atoms with Crippen molar-refractivity contribution >= 4 is 16.8 Å². The zero-order chi connectivity index (χ0) is 21.2. The summed E-state index contributed by atoms with van der Waals surface area (Å²) in [4.78, 5) is 20.6. The molecule has 3 aromatic rings. The van der Waals surface area contributed by atoms with Crippen LogP contribution in [0.4, 0.5) is 0 Å². The first-order valence-corrected chi connectivity index (χ1v) is 11.8. The van der Waals surface area contributed by atoms with Crippen LogP contribution in [-0.2, 0) is 13.0 Å². The van der Waals surface area contributed by atoms with Crippen LogP contribution in [-0.4, -0.2) is 52.0 Å². The third-order valence-electron chi connectivity index (χ3n) is 6.88. The third kappa shape index (κ3) is 4.04. The Morgan fingerprint density at radius 1 is 1.13 bits per heavy atom. The minimum atomic E-state index is 0.0458. The molecule has 31 heavy (non-hydrogen) atoms. The highest BCUT2D eigenvalue weighted by Crippen LogP contribution is 2.26. The van der Waals surface area contributed by atoms with Gasteiger partial charge in [-0.25, -0.2) is 4.98 Å². The van der Waals surface area contributed by atoms with E-state index in [0.717, 1.165) is 75.2 Å². The van der Waals surface area contributed by atoms with E-state index in [1.54, 1.807) is 0 Å². The first-order valence-electron chi connectivity index (χ1n) is 11.8. The van der Waals surface area contributed by atoms with E-state index in [2.05, 4.69) is 52.0 Å². The maximum Gasteiger partial charge on any atom is 0.179 e. The van der Waals surface area contributed by atoms with Crippen molar-refractivity contribution in [2.75, 3.05) is 19.6 Å². The van der Waals surface area contributed by atoms with Crippen LogP contribution in [0.5, 0.6) is 0 Å². The van der Waals surface area contributed by atoms with Crippen molar-refractivity contribution in [2.24, 2.45) is 0 Å². The van der Waals surface area contributed by atoms with E-state index in [0.29, 0.717) is 6.04 Å². The Morgan fingerprint density at radius 3 is 2.74 bits per heavy atom. The number of ketones is 1. The van der Waals surface area contributed by atoms with Gasteiger partial charge >= 0.3 is 0 Å². The molecule has 0 amide bonds. The fourth-order valence-corrected chi connectivity index (χ4v) is 5.33. The smallest absolute Gasteiger partial charge is 0.179 e. The number of imidazole rings is 1. The molecular formula is C26H32N4O. The number of aromatic nitrogens is 2. The predicted molar refractivity (Wildman–Crippen MR) is 125 cm³/mol. The minimum absolute atomic E-state index is 0.0458. The number of fused-ring (bicyclic) bond motifs is 1. The molecule has 2 aliphatic heterocycles. The largest absolute Gasteiger partial charge is 0.328 e. The molecular weight excluding hydrogens is 384 g/mol. The van der Waals surface area contributed by atoms with Gasteiger partial charge in [0.15, 0.2) is 5.78 Å². The zero-order valence-electron chi connectivity index (χ0n) is 18.4. The number of hydrogen-bond acceptors (Lipinski definition) is 4. The Labute approximate surface area is 184 Å². The number of likely N-dealkylation sites (tertiary alicyclic amines) is 1. The van der Waals surface area contributed by atoms with Crippen LogP contribution in [0.3, 0.4) is 0 Å². The summed E-state index contributed by atoms with van der Waals surface area (Å²) in [5, 5.41) is 3.44. The summed E-state index contributed by atoms with van der Waals surface area (Å²) in [7, 11) is 0. The number of para-hydroxylation sites is 2. The Kier molecular flexibility index (Phi) is 5.88. The molecule has 2 aliphatic rings. The third-order valence-corrected chi connectivity index (χ3v) is 6.88. The molecule has 1 N–H and O–H groups in total.